The molecule has 21 heavy (non-hydrogen) atoms. The number of nitrogens with zero attached hydrogens (tertiary/aromatic N) is 5. The SMILES string of the molecule is Cn1nnnc1SCCNCc1cccc([N+](=O)[O-])c1.[Cl-]. The van der Waals surface area contributed by atoms with E-state index in [4.69, 9.17) is 0 Å². The molecule has 0 aliphatic heterocycles. The third kappa shape index (κ3) is 5.29. The van der Waals surface area contributed by atoms with Gasteiger partial charge in [0.05, 0.1) is 4.92 Å². The highest BCUT2D eigenvalue weighted by Gasteiger charge is 2.05. The highest BCUT2D eigenvalue weighted by molar-refractivity contribution is 7.99. The van der Waals surface area contributed by atoms with E-state index in [1.165, 1.54) is 6.07 Å². The van der Waals surface area contributed by atoms with Crippen LogP contribution in [-0.2, 0) is 13.6 Å². The maximum atomic E-state index is 10.7. The molecule has 1 aromatic heterocycles. The van der Waals surface area contributed by atoms with Crippen molar-refractivity contribution in [3.63, 3.8) is 0 Å². The second-order valence-corrected chi connectivity index (χ2v) is 5.10. The van der Waals surface area contributed by atoms with E-state index in [-0.39, 0.29) is 23.0 Å². The maximum Gasteiger partial charge on any atom is 0.269 e. The van der Waals surface area contributed by atoms with Crippen LogP contribution in [0.5, 0.6) is 0 Å². The quantitative estimate of drug-likeness (QED) is 0.271. The molecule has 114 valence electrons. The van der Waals surface area contributed by atoms with Gasteiger partial charge in [-0.2, -0.15) is 0 Å². The fraction of sp³-hybridized carbons (Fsp3) is 0.364. The molecule has 0 unspecified atom stereocenters. The zero-order valence-corrected chi connectivity index (χ0v) is 12.8. The zero-order valence-electron chi connectivity index (χ0n) is 11.3. The predicted octanol–water partition coefficient (Wildman–Crippen LogP) is -2.00. The molecule has 0 spiro atoms. The van der Waals surface area contributed by atoms with Crippen LogP contribution in [0.2, 0.25) is 0 Å². The van der Waals surface area contributed by atoms with Crippen molar-refractivity contribution in [2.75, 3.05) is 12.3 Å². The number of aromatic nitrogens is 4. The zero-order chi connectivity index (χ0) is 14.4. The van der Waals surface area contributed by atoms with Crippen molar-refractivity contribution in [1.29, 1.82) is 0 Å². The lowest BCUT2D eigenvalue weighted by Crippen LogP contribution is -3.00. The lowest BCUT2D eigenvalue weighted by atomic mass is 10.2. The summed E-state index contributed by atoms with van der Waals surface area (Å²) < 4.78 is 1.62. The van der Waals surface area contributed by atoms with Crippen LogP contribution in [-0.4, -0.2) is 37.4 Å². The molecule has 8 nitrogen and oxygen atoms in total. The molecular formula is C11H14ClN6O2S-. The monoisotopic (exact) mass is 329 g/mol. The smallest absolute Gasteiger partial charge is 0.269 e. The van der Waals surface area contributed by atoms with Crippen molar-refractivity contribution in [3.05, 3.63) is 39.9 Å². The Hall–Kier alpha value is -1.71. The number of aryl methyl sites for hydroxylation is 1. The first kappa shape index (κ1) is 17.3. The van der Waals surface area contributed by atoms with E-state index >= 15 is 0 Å². The third-order valence-corrected chi connectivity index (χ3v) is 3.55. The average Bonchev–Trinajstić information content (AvgIpc) is 2.84. The molecular weight excluding hydrogens is 316 g/mol. The minimum absolute atomic E-state index is 0. The highest BCUT2D eigenvalue weighted by atomic mass is 35.5. The Labute approximate surface area is 131 Å². The summed E-state index contributed by atoms with van der Waals surface area (Å²) in [6, 6.07) is 6.61. The summed E-state index contributed by atoms with van der Waals surface area (Å²) >= 11 is 1.55. The molecule has 1 heterocycles. The number of hydrogen-bond donors (Lipinski definition) is 1. The van der Waals surface area contributed by atoms with Crippen LogP contribution >= 0.6 is 11.8 Å². The van der Waals surface area contributed by atoms with E-state index in [0.717, 1.165) is 23.0 Å². The first-order valence-electron chi connectivity index (χ1n) is 5.96. The normalized spacial score (nSPS) is 10.1. The highest BCUT2D eigenvalue weighted by Crippen LogP contribution is 2.13. The van der Waals surface area contributed by atoms with Crippen LogP contribution in [0.4, 0.5) is 5.69 Å². The summed E-state index contributed by atoms with van der Waals surface area (Å²) in [5.74, 6) is 0.823. The number of nitro groups is 1. The molecule has 0 bridgehead atoms. The second kappa shape index (κ2) is 8.55. The van der Waals surface area contributed by atoms with Crippen molar-refractivity contribution in [2.45, 2.75) is 11.7 Å². The molecule has 0 saturated heterocycles. The van der Waals surface area contributed by atoms with E-state index in [2.05, 4.69) is 20.8 Å². The average molecular weight is 330 g/mol. The van der Waals surface area contributed by atoms with Gasteiger partial charge in [0, 0.05) is 38.0 Å². The van der Waals surface area contributed by atoms with E-state index < -0.39 is 0 Å². The molecule has 0 fully saturated rings. The third-order valence-electron chi connectivity index (χ3n) is 2.54. The van der Waals surface area contributed by atoms with Crippen LogP contribution in [0.25, 0.3) is 0 Å². The van der Waals surface area contributed by atoms with Crippen LogP contribution in [0.3, 0.4) is 0 Å². The van der Waals surface area contributed by atoms with Crippen molar-refractivity contribution >= 4 is 17.4 Å². The van der Waals surface area contributed by atoms with E-state index in [1.54, 1.807) is 35.6 Å². The minimum atomic E-state index is -0.388. The lowest BCUT2D eigenvalue weighted by molar-refractivity contribution is -0.384. The number of nitrogens with one attached hydrogen (secondary N) is 1. The van der Waals surface area contributed by atoms with Gasteiger partial charge in [0.1, 0.15) is 0 Å². The number of hydrogen-bond acceptors (Lipinski definition) is 7. The fourth-order valence-electron chi connectivity index (χ4n) is 1.57. The Balaban J connectivity index is 0.00000220. The van der Waals surface area contributed by atoms with Crippen molar-refractivity contribution in [2.24, 2.45) is 7.05 Å². The van der Waals surface area contributed by atoms with Gasteiger partial charge in [-0.15, -0.1) is 5.10 Å². The topological polar surface area (TPSA) is 98.8 Å². The molecule has 0 aliphatic rings. The molecule has 0 radical (unpaired) electrons. The minimum Gasteiger partial charge on any atom is -1.00 e. The van der Waals surface area contributed by atoms with Gasteiger partial charge >= 0.3 is 0 Å². The van der Waals surface area contributed by atoms with Gasteiger partial charge in [-0.05, 0) is 16.0 Å². The summed E-state index contributed by atoms with van der Waals surface area (Å²) in [4.78, 5) is 10.3. The largest absolute Gasteiger partial charge is 1.00 e. The molecule has 0 atom stereocenters. The number of halogens is 1. The number of benzene rings is 1. The summed E-state index contributed by atoms with van der Waals surface area (Å²) in [6.07, 6.45) is 0. The maximum absolute atomic E-state index is 10.7. The predicted molar refractivity (Wildman–Crippen MR) is 74.3 cm³/mol. The van der Waals surface area contributed by atoms with Gasteiger partial charge in [0.25, 0.3) is 5.69 Å². The lowest BCUT2D eigenvalue weighted by Gasteiger charge is -2.04. The number of non-ortho nitro benzene ring substituents is 1. The summed E-state index contributed by atoms with van der Waals surface area (Å²) in [7, 11) is 1.79. The second-order valence-electron chi connectivity index (χ2n) is 4.04. The number of nitro benzene ring substituents is 1. The number of rotatable bonds is 7. The standard InChI is InChI=1S/C11H14N6O2S.ClH/c1-16-11(13-14-15-16)20-6-5-12-8-9-3-2-4-10(7-9)17(18)19;/h2-4,7,12H,5-6,8H2,1H3;1H/p-1. The van der Waals surface area contributed by atoms with Gasteiger partial charge in [0.15, 0.2) is 0 Å². The molecule has 0 aliphatic carbocycles. The first-order valence-corrected chi connectivity index (χ1v) is 6.94. The van der Waals surface area contributed by atoms with E-state index in [1.807, 2.05) is 6.07 Å². The first-order chi connectivity index (χ1) is 9.66. The molecule has 1 aromatic carbocycles. The van der Waals surface area contributed by atoms with Gasteiger partial charge < -0.3 is 17.7 Å². The summed E-state index contributed by atoms with van der Waals surface area (Å²) in [5.41, 5.74) is 1.01. The molecule has 0 amide bonds. The van der Waals surface area contributed by atoms with Crippen molar-refractivity contribution < 1.29 is 17.3 Å². The Morgan fingerprint density at radius 2 is 2.29 bits per heavy atom. The number of thioether (sulfide) groups is 1. The Kier molecular flexibility index (Phi) is 7.06. The van der Waals surface area contributed by atoms with Gasteiger partial charge in [-0.3, -0.25) is 10.1 Å². The molecule has 0 saturated carbocycles. The molecule has 2 rings (SSSR count). The Morgan fingerprint density at radius 3 is 2.95 bits per heavy atom. The van der Waals surface area contributed by atoms with Crippen molar-refractivity contribution in [3.8, 4) is 0 Å². The summed E-state index contributed by atoms with van der Waals surface area (Å²) in [6.45, 7) is 1.36. The van der Waals surface area contributed by atoms with Crippen molar-refractivity contribution in [1.82, 2.24) is 25.5 Å². The van der Waals surface area contributed by atoms with Crippen LogP contribution in [0.1, 0.15) is 5.56 Å². The summed E-state index contributed by atoms with van der Waals surface area (Å²) in [5, 5.41) is 25.8. The van der Waals surface area contributed by atoms with E-state index in [9.17, 15) is 10.1 Å². The van der Waals surface area contributed by atoms with E-state index in [0.29, 0.717) is 6.54 Å². The number of tetrazole rings is 1. The fourth-order valence-corrected chi connectivity index (χ4v) is 2.32. The van der Waals surface area contributed by atoms with Crippen LogP contribution in [0, 0.1) is 10.1 Å². The van der Waals surface area contributed by atoms with Gasteiger partial charge in [-0.25, -0.2) is 4.68 Å². The van der Waals surface area contributed by atoms with Crippen LogP contribution in [0.15, 0.2) is 29.4 Å². The molecule has 1 N–H and O–H groups in total. The Morgan fingerprint density at radius 1 is 1.48 bits per heavy atom. The molecule has 2 aromatic rings. The van der Waals surface area contributed by atoms with Gasteiger partial charge in [-0.1, -0.05) is 23.9 Å². The van der Waals surface area contributed by atoms with Crippen LogP contribution < -0.4 is 17.7 Å². The molecule has 10 heteroatoms. The Bertz CT molecular complexity index is 594. The van der Waals surface area contributed by atoms with Gasteiger partial charge in [0.2, 0.25) is 5.16 Å².